The molecule has 0 aromatic carbocycles. The van der Waals surface area contributed by atoms with Gasteiger partial charge in [-0.3, -0.25) is 4.99 Å². The van der Waals surface area contributed by atoms with Crippen LogP contribution in [0.15, 0.2) is 16.6 Å². The molecule has 0 bridgehead atoms. The number of nitrogens with zero attached hydrogens (tertiary/aromatic N) is 1. The van der Waals surface area contributed by atoms with Gasteiger partial charge in [-0.15, -0.1) is 0 Å². The van der Waals surface area contributed by atoms with Gasteiger partial charge in [0, 0.05) is 34.2 Å². The molecular formula is C15H21F5I2N2. The van der Waals surface area contributed by atoms with Gasteiger partial charge in [-0.05, 0) is 60.1 Å². The van der Waals surface area contributed by atoms with E-state index in [0.29, 0.717) is 6.42 Å². The fourth-order valence-electron chi connectivity index (χ4n) is 2.60. The van der Waals surface area contributed by atoms with Crippen molar-refractivity contribution in [3.63, 3.8) is 0 Å². The Balaban J connectivity index is 2.97. The number of halogens is 7. The van der Waals surface area contributed by atoms with Crippen LogP contribution in [0, 0.1) is 11.3 Å². The van der Waals surface area contributed by atoms with E-state index in [9.17, 15) is 22.0 Å². The van der Waals surface area contributed by atoms with Crippen LogP contribution in [0.5, 0.6) is 0 Å². The van der Waals surface area contributed by atoms with E-state index in [0.717, 1.165) is 29.5 Å². The quantitative estimate of drug-likeness (QED) is 0.146. The summed E-state index contributed by atoms with van der Waals surface area (Å²) in [4.78, 5) is 3.65. The summed E-state index contributed by atoms with van der Waals surface area (Å²) in [5.74, 6) is -0.259. The second-order valence-corrected chi connectivity index (χ2v) is 9.43. The smallest absolute Gasteiger partial charge is 0.327 e. The van der Waals surface area contributed by atoms with Crippen LogP contribution in [0.2, 0.25) is 0 Å². The Morgan fingerprint density at radius 2 is 1.92 bits per heavy atom. The van der Waals surface area contributed by atoms with Crippen LogP contribution in [0.25, 0.3) is 0 Å². The van der Waals surface area contributed by atoms with Crippen molar-refractivity contribution in [2.45, 2.75) is 62.2 Å². The van der Waals surface area contributed by atoms with E-state index in [-0.39, 0.29) is 34.1 Å². The maximum atomic E-state index is 13.8. The number of allylic oxidation sites excluding steroid dienone is 1. The summed E-state index contributed by atoms with van der Waals surface area (Å²) in [5.41, 5.74) is 5.53. The average Bonchev–Trinajstić information content (AvgIpc) is 2.44. The lowest BCUT2D eigenvalue weighted by Crippen LogP contribution is -2.36. The number of aliphatic imine (C=N–C) groups is 1. The summed E-state index contributed by atoms with van der Waals surface area (Å²) >= 11 is 2.84. The molecule has 2 N–H and O–H groups in total. The molecule has 0 radical (unpaired) electrons. The molecule has 0 heterocycles. The van der Waals surface area contributed by atoms with Gasteiger partial charge in [-0.1, -0.05) is 19.9 Å². The highest BCUT2D eigenvalue weighted by molar-refractivity contribution is 14.1. The molecule has 9 heteroatoms. The first kappa shape index (κ1) is 22.5. The lowest BCUT2D eigenvalue weighted by atomic mass is 9.81. The fraction of sp³-hybridized carbons (Fsp3) is 0.800. The largest absolute Gasteiger partial charge is 0.410 e. The Morgan fingerprint density at radius 3 is 2.38 bits per heavy atom. The van der Waals surface area contributed by atoms with E-state index < -0.39 is 21.6 Å². The predicted molar refractivity (Wildman–Crippen MR) is 103 cm³/mol. The van der Waals surface area contributed by atoms with Gasteiger partial charge in [0.1, 0.15) is 6.04 Å². The third kappa shape index (κ3) is 6.65. The predicted octanol–water partition coefficient (Wildman–Crippen LogP) is 5.88. The van der Waals surface area contributed by atoms with Crippen LogP contribution >= 0.6 is 45.2 Å². The normalized spacial score (nSPS) is 27.5. The highest BCUT2D eigenvalue weighted by Crippen LogP contribution is 2.44. The van der Waals surface area contributed by atoms with Crippen LogP contribution < -0.4 is 5.73 Å². The highest BCUT2D eigenvalue weighted by Gasteiger charge is 2.40. The monoisotopic (exact) mass is 578 g/mol. The molecule has 3 atom stereocenters. The van der Waals surface area contributed by atoms with Crippen molar-refractivity contribution in [1.29, 1.82) is 0 Å². The minimum atomic E-state index is -4.40. The van der Waals surface area contributed by atoms with Gasteiger partial charge < -0.3 is 5.73 Å². The van der Waals surface area contributed by atoms with Crippen LogP contribution in [0.3, 0.4) is 0 Å². The number of alkyl halides is 6. The van der Waals surface area contributed by atoms with Crippen molar-refractivity contribution in [1.82, 2.24) is 0 Å². The minimum Gasteiger partial charge on any atom is -0.327 e. The van der Waals surface area contributed by atoms with Gasteiger partial charge in [0.15, 0.2) is 0 Å². The zero-order valence-electron chi connectivity index (χ0n) is 13.6. The molecule has 0 saturated heterocycles. The average molecular weight is 578 g/mol. The fourth-order valence-corrected chi connectivity index (χ4v) is 4.02. The van der Waals surface area contributed by atoms with Gasteiger partial charge in [-0.2, -0.15) is 22.0 Å². The van der Waals surface area contributed by atoms with Crippen molar-refractivity contribution in [3.8, 4) is 0 Å². The van der Waals surface area contributed by atoms with E-state index in [1.165, 1.54) is 6.08 Å². The summed E-state index contributed by atoms with van der Waals surface area (Å²) in [6, 6.07) is -2.15. The summed E-state index contributed by atoms with van der Waals surface area (Å²) in [6.45, 7) is 4.57. The zero-order chi connectivity index (χ0) is 18.9. The van der Waals surface area contributed by atoms with Crippen molar-refractivity contribution in [3.05, 3.63) is 11.6 Å². The van der Waals surface area contributed by atoms with E-state index in [1.807, 2.05) is 0 Å². The summed E-state index contributed by atoms with van der Waals surface area (Å²) in [7, 11) is 0. The van der Waals surface area contributed by atoms with E-state index in [4.69, 9.17) is 5.73 Å². The van der Waals surface area contributed by atoms with Crippen molar-refractivity contribution in [2.75, 3.05) is 0 Å². The van der Waals surface area contributed by atoms with Crippen LogP contribution in [0.1, 0.15) is 40.0 Å². The molecule has 1 rings (SSSR count). The standard InChI is InChI=1S/C15H21F5I2N2/c1-8(14(16,17)18)24-12(21)6-9-4-10(15(19,20)22)7-13(2,3)11(23)5-9/h7-9,11H,4-6,23H2,1-3H3/t8-,9?,11?/m1/s1. The Kier molecular flexibility index (Phi) is 7.52. The third-order valence-electron chi connectivity index (χ3n) is 4.23. The van der Waals surface area contributed by atoms with Crippen molar-refractivity contribution >= 4 is 48.9 Å². The van der Waals surface area contributed by atoms with Crippen molar-refractivity contribution in [2.24, 2.45) is 22.1 Å². The van der Waals surface area contributed by atoms with Gasteiger partial charge in [0.25, 0.3) is 0 Å². The third-order valence-corrected chi connectivity index (χ3v) is 5.64. The number of hydrogen-bond acceptors (Lipinski definition) is 2. The molecule has 0 fully saturated rings. The van der Waals surface area contributed by atoms with E-state index in [2.05, 4.69) is 4.99 Å². The van der Waals surface area contributed by atoms with E-state index in [1.54, 1.807) is 36.4 Å². The molecule has 140 valence electrons. The van der Waals surface area contributed by atoms with Gasteiger partial charge in [0.2, 0.25) is 0 Å². The molecule has 24 heavy (non-hydrogen) atoms. The minimum absolute atomic E-state index is 0.0147. The number of nitrogens with two attached hydrogens (primary N) is 1. The first-order valence-corrected chi connectivity index (χ1v) is 9.62. The lowest BCUT2D eigenvalue weighted by molar-refractivity contribution is -0.142. The van der Waals surface area contributed by atoms with Gasteiger partial charge >= 0.3 is 10.1 Å². The first-order chi connectivity index (χ1) is 10.6. The Labute approximate surface area is 166 Å². The molecule has 1 aliphatic rings. The Morgan fingerprint density at radius 1 is 1.38 bits per heavy atom. The SMILES string of the molecule is C[C@@H](N=C(I)CC1CC(C(F)(F)I)=CC(C)(C)C(N)C1)C(F)(F)F. The summed E-state index contributed by atoms with van der Waals surface area (Å²) in [6.07, 6.45) is -2.10. The van der Waals surface area contributed by atoms with Gasteiger partial charge in [-0.25, -0.2) is 0 Å². The molecule has 2 unspecified atom stereocenters. The molecule has 1 aliphatic carbocycles. The Bertz CT molecular complexity index is 509. The zero-order valence-corrected chi connectivity index (χ0v) is 17.9. The number of rotatable bonds is 4. The molecule has 0 aromatic heterocycles. The second-order valence-electron chi connectivity index (χ2n) is 6.83. The second kappa shape index (κ2) is 8.01. The maximum absolute atomic E-state index is 13.8. The molecule has 0 aliphatic heterocycles. The van der Waals surface area contributed by atoms with Crippen LogP contribution in [-0.2, 0) is 0 Å². The summed E-state index contributed by atoms with van der Waals surface area (Å²) < 4.78 is 62.7. The molecule has 0 amide bonds. The first-order valence-electron chi connectivity index (χ1n) is 7.46. The molecule has 0 spiro atoms. The topological polar surface area (TPSA) is 38.4 Å². The molecule has 2 nitrogen and oxygen atoms in total. The van der Waals surface area contributed by atoms with Gasteiger partial charge in [0.05, 0.1) is 3.72 Å². The molecular weight excluding hydrogens is 557 g/mol. The molecule has 0 saturated carbocycles. The summed E-state index contributed by atoms with van der Waals surface area (Å²) in [5, 5.41) is 0. The lowest BCUT2D eigenvalue weighted by Gasteiger charge is -2.28. The maximum Gasteiger partial charge on any atom is 0.410 e. The Hall–Kier alpha value is 0.480. The molecule has 0 aromatic rings. The van der Waals surface area contributed by atoms with Crippen LogP contribution in [-0.4, -0.2) is 25.9 Å². The van der Waals surface area contributed by atoms with E-state index >= 15 is 0 Å². The number of hydrogen-bond donors (Lipinski definition) is 1. The van der Waals surface area contributed by atoms with Crippen molar-refractivity contribution < 1.29 is 22.0 Å². The highest BCUT2D eigenvalue weighted by atomic mass is 127. The van der Waals surface area contributed by atoms with Crippen LogP contribution in [0.4, 0.5) is 22.0 Å².